The average molecular weight is 282 g/mol. The molecule has 2 rings (SSSR count). The molecule has 16 heavy (non-hydrogen) atoms. The fraction of sp³-hybridized carbons (Fsp3) is 0.182. The Labute approximate surface area is 102 Å². The Hall–Kier alpha value is -1.49. The predicted molar refractivity (Wildman–Crippen MR) is 67.1 cm³/mol. The van der Waals surface area contributed by atoms with Gasteiger partial charge in [0.2, 0.25) is 0 Å². The van der Waals surface area contributed by atoms with E-state index in [0.717, 1.165) is 21.4 Å². The van der Waals surface area contributed by atoms with Crippen LogP contribution in [0.3, 0.4) is 0 Å². The van der Waals surface area contributed by atoms with Crippen molar-refractivity contribution >= 4 is 27.4 Å². The van der Waals surface area contributed by atoms with Crippen LogP contribution in [0.5, 0.6) is 0 Å². The first-order chi connectivity index (χ1) is 7.68. The summed E-state index contributed by atoms with van der Waals surface area (Å²) in [6.07, 6.45) is 5.00. The van der Waals surface area contributed by atoms with Gasteiger partial charge < -0.3 is 15.5 Å². The second-order valence-electron chi connectivity index (χ2n) is 3.49. The second-order valence-corrected chi connectivity index (χ2v) is 4.28. The van der Waals surface area contributed by atoms with E-state index < -0.39 is 0 Å². The molecule has 0 saturated carbocycles. The van der Waals surface area contributed by atoms with Crippen LogP contribution in [-0.4, -0.2) is 4.98 Å². The van der Waals surface area contributed by atoms with Gasteiger partial charge in [-0.3, -0.25) is 0 Å². The van der Waals surface area contributed by atoms with Crippen molar-refractivity contribution in [2.24, 2.45) is 0 Å². The van der Waals surface area contributed by atoms with Crippen molar-refractivity contribution in [1.29, 1.82) is 0 Å². The molecule has 3 N–H and O–H groups in total. The number of furan rings is 1. The van der Waals surface area contributed by atoms with Gasteiger partial charge in [0.05, 0.1) is 28.9 Å². The predicted octanol–water partition coefficient (Wildman–Crippen LogP) is 2.94. The fourth-order valence-electron chi connectivity index (χ4n) is 1.29. The molecule has 2 heterocycles. The molecule has 0 aromatic carbocycles. The molecular weight excluding hydrogens is 270 g/mol. The molecular formula is C11H12BrN3O. The van der Waals surface area contributed by atoms with Crippen LogP contribution in [0.25, 0.3) is 0 Å². The number of nitrogen functional groups attached to an aromatic ring is 1. The average Bonchev–Trinajstić information content (AvgIpc) is 2.78. The van der Waals surface area contributed by atoms with Gasteiger partial charge in [-0.05, 0) is 34.5 Å². The highest BCUT2D eigenvalue weighted by molar-refractivity contribution is 9.10. The lowest BCUT2D eigenvalue weighted by Crippen LogP contribution is -2.03. The van der Waals surface area contributed by atoms with Crippen LogP contribution < -0.4 is 11.1 Å². The first kappa shape index (κ1) is 11.0. The van der Waals surface area contributed by atoms with Crippen molar-refractivity contribution < 1.29 is 4.42 Å². The van der Waals surface area contributed by atoms with Crippen molar-refractivity contribution in [2.45, 2.75) is 13.5 Å². The number of nitrogens with two attached hydrogens (primary N) is 1. The molecule has 0 atom stereocenters. The minimum Gasteiger partial charge on any atom is -0.472 e. The maximum atomic E-state index is 5.75. The summed E-state index contributed by atoms with van der Waals surface area (Å²) in [5.41, 5.74) is 8.49. The lowest BCUT2D eigenvalue weighted by atomic mass is 10.2. The lowest BCUT2D eigenvalue weighted by molar-refractivity contribution is 0.564. The molecule has 5 heteroatoms. The molecule has 0 unspecified atom stereocenters. The molecule has 2 aromatic rings. The summed E-state index contributed by atoms with van der Waals surface area (Å²) < 4.78 is 5.88. The van der Waals surface area contributed by atoms with Crippen LogP contribution in [0.15, 0.2) is 33.7 Å². The summed E-state index contributed by atoms with van der Waals surface area (Å²) in [5, 5.41) is 3.21. The van der Waals surface area contributed by atoms with Crippen molar-refractivity contribution in [3.8, 4) is 0 Å². The maximum Gasteiger partial charge on any atom is 0.140 e. The highest BCUT2D eigenvalue weighted by Gasteiger charge is 2.07. The summed E-state index contributed by atoms with van der Waals surface area (Å²) in [7, 11) is 0. The van der Waals surface area contributed by atoms with Gasteiger partial charge in [-0.1, -0.05) is 0 Å². The number of nitrogens with zero attached hydrogens (tertiary/aromatic N) is 1. The van der Waals surface area contributed by atoms with Gasteiger partial charge in [-0.2, -0.15) is 0 Å². The van der Waals surface area contributed by atoms with Crippen molar-refractivity contribution in [3.63, 3.8) is 0 Å². The standard InChI is InChI=1S/C11H12BrN3O/c1-7-9(13)5-15-11(10(7)12)14-4-8-2-3-16-6-8/h2-3,5-6H,4,13H2,1H3,(H,14,15). The van der Waals surface area contributed by atoms with E-state index in [1.54, 1.807) is 18.7 Å². The van der Waals surface area contributed by atoms with E-state index in [9.17, 15) is 0 Å². The number of anilines is 2. The zero-order valence-corrected chi connectivity index (χ0v) is 10.4. The SMILES string of the molecule is Cc1c(N)cnc(NCc2ccoc2)c1Br. The summed E-state index contributed by atoms with van der Waals surface area (Å²) in [5.74, 6) is 0.785. The highest BCUT2D eigenvalue weighted by Crippen LogP contribution is 2.27. The molecule has 0 saturated heterocycles. The Morgan fingerprint density at radius 3 is 3.06 bits per heavy atom. The van der Waals surface area contributed by atoms with E-state index >= 15 is 0 Å². The van der Waals surface area contributed by atoms with Gasteiger partial charge in [0.25, 0.3) is 0 Å². The monoisotopic (exact) mass is 281 g/mol. The van der Waals surface area contributed by atoms with Crippen LogP contribution in [-0.2, 0) is 6.54 Å². The van der Waals surface area contributed by atoms with Gasteiger partial charge in [0.15, 0.2) is 0 Å². The maximum absolute atomic E-state index is 5.75. The highest BCUT2D eigenvalue weighted by atomic mass is 79.9. The Balaban J connectivity index is 2.13. The number of nitrogens with one attached hydrogen (secondary N) is 1. The van der Waals surface area contributed by atoms with Crippen molar-refractivity contribution in [1.82, 2.24) is 4.98 Å². The molecule has 0 aliphatic heterocycles. The molecule has 2 aromatic heterocycles. The number of rotatable bonds is 3. The molecule has 0 bridgehead atoms. The van der Waals surface area contributed by atoms with Crippen molar-refractivity contribution in [3.05, 3.63) is 40.4 Å². The number of hydrogen-bond donors (Lipinski definition) is 2. The first-order valence-corrected chi connectivity index (χ1v) is 5.63. The number of pyridine rings is 1. The van der Waals surface area contributed by atoms with E-state index in [-0.39, 0.29) is 0 Å². The van der Waals surface area contributed by atoms with Gasteiger partial charge in [0.1, 0.15) is 5.82 Å². The summed E-state index contributed by atoms with van der Waals surface area (Å²) in [6, 6.07) is 1.91. The molecule has 0 aliphatic carbocycles. The molecule has 84 valence electrons. The fourth-order valence-corrected chi connectivity index (χ4v) is 1.77. The molecule has 0 fully saturated rings. The zero-order chi connectivity index (χ0) is 11.5. The Bertz CT molecular complexity index is 482. The number of hydrogen-bond acceptors (Lipinski definition) is 4. The largest absolute Gasteiger partial charge is 0.472 e. The molecule has 0 spiro atoms. The van der Waals surface area contributed by atoms with Crippen molar-refractivity contribution in [2.75, 3.05) is 11.1 Å². The Morgan fingerprint density at radius 1 is 1.56 bits per heavy atom. The third-order valence-electron chi connectivity index (χ3n) is 2.34. The van der Waals surface area contributed by atoms with Gasteiger partial charge in [-0.25, -0.2) is 4.98 Å². The molecule has 4 nitrogen and oxygen atoms in total. The molecule has 0 radical (unpaired) electrons. The zero-order valence-electron chi connectivity index (χ0n) is 8.83. The lowest BCUT2D eigenvalue weighted by Gasteiger charge is -2.09. The Morgan fingerprint density at radius 2 is 2.38 bits per heavy atom. The minimum absolute atomic E-state index is 0.672. The first-order valence-electron chi connectivity index (χ1n) is 4.84. The van der Waals surface area contributed by atoms with Gasteiger partial charge in [-0.15, -0.1) is 0 Å². The Kier molecular flexibility index (Phi) is 3.14. The summed E-state index contributed by atoms with van der Waals surface area (Å²) in [4.78, 5) is 4.22. The van der Waals surface area contributed by atoms with Crippen LogP contribution in [0, 0.1) is 6.92 Å². The van der Waals surface area contributed by atoms with Crippen LogP contribution in [0.1, 0.15) is 11.1 Å². The normalized spacial score (nSPS) is 10.4. The summed E-state index contributed by atoms with van der Waals surface area (Å²) in [6.45, 7) is 2.62. The third-order valence-corrected chi connectivity index (χ3v) is 3.31. The summed E-state index contributed by atoms with van der Waals surface area (Å²) >= 11 is 3.47. The van der Waals surface area contributed by atoms with Crippen LogP contribution >= 0.6 is 15.9 Å². The third kappa shape index (κ3) is 2.19. The van der Waals surface area contributed by atoms with Gasteiger partial charge in [0, 0.05) is 12.1 Å². The van der Waals surface area contributed by atoms with E-state index in [0.29, 0.717) is 12.2 Å². The van der Waals surface area contributed by atoms with E-state index in [4.69, 9.17) is 10.2 Å². The van der Waals surface area contributed by atoms with E-state index in [2.05, 4.69) is 26.2 Å². The number of aromatic nitrogens is 1. The van der Waals surface area contributed by atoms with Crippen LogP contribution in [0.4, 0.5) is 11.5 Å². The topological polar surface area (TPSA) is 64.1 Å². The molecule has 0 amide bonds. The smallest absolute Gasteiger partial charge is 0.140 e. The van der Waals surface area contributed by atoms with E-state index in [1.165, 1.54) is 0 Å². The molecule has 0 aliphatic rings. The quantitative estimate of drug-likeness (QED) is 0.908. The minimum atomic E-state index is 0.672. The van der Waals surface area contributed by atoms with Crippen LogP contribution in [0.2, 0.25) is 0 Å². The number of halogens is 1. The van der Waals surface area contributed by atoms with Gasteiger partial charge >= 0.3 is 0 Å². The second kappa shape index (κ2) is 4.57. The van der Waals surface area contributed by atoms with E-state index in [1.807, 2.05) is 13.0 Å².